The van der Waals surface area contributed by atoms with E-state index in [1.165, 1.54) is 18.9 Å². The summed E-state index contributed by atoms with van der Waals surface area (Å²) in [6.45, 7) is 3.23. The molecule has 39 heavy (non-hydrogen) atoms. The van der Waals surface area contributed by atoms with Gasteiger partial charge in [-0.05, 0) is 73.9 Å². The first kappa shape index (κ1) is 27.7. The second-order valence-electron chi connectivity index (χ2n) is 11.0. The summed E-state index contributed by atoms with van der Waals surface area (Å²) in [6, 6.07) is 7.99. The van der Waals surface area contributed by atoms with Crippen molar-refractivity contribution in [3.05, 3.63) is 41.6 Å². The first-order valence-electron chi connectivity index (χ1n) is 13.4. The molecule has 1 aromatic carbocycles. The molecule has 0 unspecified atom stereocenters. The number of pyridine rings is 1. The zero-order valence-electron chi connectivity index (χ0n) is 22.0. The number of halogens is 2. The van der Waals surface area contributed by atoms with Crippen molar-refractivity contribution in [3.8, 4) is 0 Å². The van der Waals surface area contributed by atoms with E-state index in [9.17, 15) is 22.0 Å². The van der Waals surface area contributed by atoms with E-state index in [-0.39, 0.29) is 49.7 Å². The number of anilines is 3. The Kier molecular flexibility index (Phi) is 7.55. The summed E-state index contributed by atoms with van der Waals surface area (Å²) < 4.78 is 55.2. The number of aliphatic hydroxyl groups excluding tert-OH is 1. The van der Waals surface area contributed by atoms with Gasteiger partial charge in [-0.25, -0.2) is 26.9 Å². The maximum Gasteiger partial charge on any atom is 0.274 e. The number of benzene rings is 1. The highest BCUT2D eigenvalue weighted by Crippen LogP contribution is 2.54. The molecule has 0 bridgehead atoms. The molecule has 0 radical (unpaired) electrons. The molecular weight excluding hydrogens is 528 g/mol. The molecule has 3 N–H and O–H groups in total. The van der Waals surface area contributed by atoms with Crippen LogP contribution in [0.15, 0.2) is 35.2 Å². The molecule has 1 aromatic heterocycles. The van der Waals surface area contributed by atoms with Gasteiger partial charge < -0.3 is 20.2 Å². The summed E-state index contributed by atoms with van der Waals surface area (Å²) in [4.78, 5) is 21.8. The number of nitrogens with zero attached hydrogens (tertiary/aromatic N) is 3. The second kappa shape index (κ2) is 10.6. The van der Waals surface area contributed by atoms with Gasteiger partial charge in [0.05, 0.1) is 22.9 Å². The number of nitrogens with one attached hydrogen (secondary N) is 2. The SMILES string of the molecule is Cc1cc(C(=O)Nc2ccc(S(=O)(=O)NCCO)cc2N2CCC3(CC2)CC3)nc(N2CCC(F)(F)CC2)c1. The highest BCUT2D eigenvalue weighted by atomic mass is 32.2. The fraction of sp³-hybridized carbons (Fsp3) is 0.556. The van der Waals surface area contributed by atoms with Crippen LogP contribution in [0.4, 0.5) is 26.0 Å². The molecule has 3 aliphatic rings. The number of aliphatic hydroxyl groups is 1. The third-order valence-corrected chi connectivity index (χ3v) is 9.52. The highest BCUT2D eigenvalue weighted by Gasteiger charge is 2.44. The number of rotatable bonds is 8. The summed E-state index contributed by atoms with van der Waals surface area (Å²) in [5, 5.41) is 12.0. The average Bonchev–Trinajstić information content (AvgIpc) is 3.66. The summed E-state index contributed by atoms with van der Waals surface area (Å²) in [5.74, 6) is -2.66. The van der Waals surface area contributed by atoms with Gasteiger partial charge in [-0.1, -0.05) is 0 Å². The van der Waals surface area contributed by atoms with Gasteiger partial charge in [-0.3, -0.25) is 4.79 Å². The Labute approximate surface area is 227 Å². The van der Waals surface area contributed by atoms with Crippen molar-refractivity contribution in [1.29, 1.82) is 0 Å². The molecule has 5 rings (SSSR count). The minimum Gasteiger partial charge on any atom is -0.395 e. The molecule has 0 atom stereocenters. The van der Waals surface area contributed by atoms with Gasteiger partial charge in [0.25, 0.3) is 11.8 Å². The van der Waals surface area contributed by atoms with Crippen molar-refractivity contribution in [2.75, 3.05) is 54.4 Å². The predicted octanol–water partition coefficient (Wildman–Crippen LogP) is 3.53. The molecule has 1 amide bonds. The number of hydrogen-bond acceptors (Lipinski definition) is 7. The van der Waals surface area contributed by atoms with Crippen LogP contribution in [-0.2, 0) is 10.0 Å². The Morgan fingerprint density at radius 2 is 1.67 bits per heavy atom. The number of piperidine rings is 2. The van der Waals surface area contributed by atoms with Crippen LogP contribution in [0.5, 0.6) is 0 Å². The molecule has 2 aromatic rings. The fourth-order valence-corrected chi connectivity index (χ4v) is 6.43. The quantitative estimate of drug-likeness (QED) is 0.450. The zero-order valence-corrected chi connectivity index (χ0v) is 22.9. The normalized spacial score (nSPS) is 20.2. The lowest BCUT2D eigenvalue weighted by Gasteiger charge is -2.35. The van der Waals surface area contributed by atoms with Gasteiger partial charge in [0.2, 0.25) is 10.0 Å². The Balaban J connectivity index is 1.40. The van der Waals surface area contributed by atoms with Crippen molar-refractivity contribution in [1.82, 2.24) is 9.71 Å². The van der Waals surface area contributed by atoms with E-state index in [2.05, 4.69) is 19.9 Å². The van der Waals surface area contributed by atoms with Crippen molar-refractivity contribution in [3.63, 3.8) is 0 Å². The monoisotopic (exact) mass is 563 g/mol. The highest BCUT2D eigenvalue weighted by molar-refractivity contribution is 7.89. The van der Waals surface area contributed by atoms with Crippen LogP contribution in [0.2, 0.25) is 0 Å². The maximum absolute atomic E-state index is 13.7. The van der Waals surface area contributed by atoms with Crippen molar-refractivity contribution in [2.24, 2.45) is 5.41 Å². The molecular formula is C27H35F2N5O4S. The molecule has 12 heteroatoms. The Hall–Kier alpha value is -2.83. The summed E-state index contributed by atoms with van der Waals surface area (Å²) in [5.41, 5.74) is 2.43. The predicted molar refractivity (Wildman–Crippen MR) is 145 cm³/mol. The largest absolute Gasteiger partial charge is 0.395 e. The van der Waals surface area contributed by atoms with Crippen LogP contribution in [0.1, 0.15) is 54.6 Å². The summed E-state index contributed by atoms with van der Waals surface area (Å²) >= 11 is 0. The lowest BCUT2D eigenvalue weighted by molar-refractivity contribution is -0.0221. The first-order chi connectivity index (χ1) is 18.5. The number of alkyl halides is 2. The number of aryl methyl sites for hydroxylation is 1. The molecule has 3 fully saturated rings. The minimum atomic E-state index is -3.84. The van der Waals surface area contributed by atoms with E-state index >= 15 is 0 Å². The smallest absolute Gasteiger partial charge is 0.274 e. The summed E-state index contributed by atoms with van der Waals surface area (Å²) in [7, 11) is -3.84. The molecule has 212 valence electrons. The van der Waals surface area contributed by atoms with E-state index in [4.69, 9.17) is 5.11 Å². The van der Waals surface area contributed by atoms with Crippen LogP contribution in [0, 0.1) is 12.3 Å². The van der Waals surface area contributed by atoms with Gasteiger partial charge in [0.1, 0.15) is 11.5 Å². The van der Waals surface area contributed by atoms with Crippen LogP contribution >= 0.6 is 0 Å². The van der Waals surface area contributed by atoms with Crippen molar-refractivity contribution in [2.45, 2.75) is 56.3 Å². The third kappa shape index (κ3) is 6.33. The van der Waals surface area contributed by atoms with E-state index in [0.29, 0.717) is 22.6 Å². The van der Waals surface area contributed by atoms with Crippen LogP contribution in [0.3, 0.4) is 0 Å². The molecule has 1 saturated carbocycles. The minimum absolute atomic E-state index is 0.0496. The lowest BCUT2D eigenvalue weighted by Crippen LogP contribution is -2.40. The van der Waals surface area contributed by atoms with Gasteiger partial charge in [-0.15, -0.1) is 0 Å². The number of aromatic nitrogens is 1. The standard InChI is InChI=1S/C27H35F2N5O4S/c1-19-16-22(31-24(17-19)34-13-8-27(28,29)9-14-34)25(36)32-21-3-2-20(39(37,38)30-10-15-35)18-23(21)33-11-6-26(4-5-26)7-12-33/h2-3,16-18,30,35H,4-15H2,1H3,(H,32,36). The number of amides is 1. The van der Waals surface area contributed by atoms with E-state index < -0.39 is 21.9 Å². The van der Waals surface area contributed by atoms with E-state index in [0.717, 1.165) is 31.5 Å². The molecule has 2 saturated heterocycles. The summed E-state index contributed by atoms with van der Waals surface area (Å²) in [6.07, 6.45) is 3.95. The topological polar surface area (TPSA) is 115 Å². The van der Waals surface area contributed by atoms with Crippen LogP contribution < -0.4 is 19.8 Å². The number of carbonyl (C=O) groups is 1. The second-order valence-corrected chi connectivity index (χ2v) is 12.7. The molecule has 1 spiro atoms. The maximum atomic E-state index is 13.7. The molecule has 1 aliphatic carbocycles. The number of sulfonamides is 1. The zero-order chi connectivity index (χ0) is 27.8. The van der Waals surface area contributed by atoms with Gasteiger partial charge in [0, 0.05) is 45.6 Å². The first-order valence-corrected chi connectivity index (χ1v) is 14.9. The van der Waals surface area contributed by atoms with E-state index in [1.54, 1.807) is 29.2 Å². The Morgan fingerprint density at radius 1 is 1.00 bits per heavy atom. The van der Waals surface area contributed by atoms with Gasteiger partial charge >= 0.3 is 0 Å². The fourth-order valence-electron chi connectivity index (χ4n) is 5.38. The van der Waals surface area contributed by atoms with Crippen molar-refractivity contribution < 1.29 is 27.1 Å². The van der Waals surface area contributed by atoms with Gasteiger partial charge in [-0.2, -0.15) is 0 Å². The Morgan fingerprint density at radius 3 is 2.31 bits per heavy atom. The van der Waals surface area contributed by atoms with Crippen LogP contribution in [-0.4, -0.2) is 69.7 Å². The van der Waals surface area contributed by atoms with Gasteiger partial charge in [0.15, 0.2) is 0 Å². The average molecular weight is 564 g/mol. The number of hydrogen-bond donors (Lipinski definition) is 3. The molecule has 3 heterocycles. The lowest BCUT2D eigenvalue weighted by atomic mass is 9.93. The van der Waals surface area contributed by atoms with Crippen LogP contribution in [0.25, 0.3) is 0 Å². The third-order valence-electron chi connectivity index (χ3n) is 8.06. The van der Waals surface area contributed by atoms with Crippen molar-refractivity contribution >= 4 is 33.1 Å². The molecule has 9 nitrogen and oxygen atoms in total. The molecule has 2 aliphatic heterocycles. The Bertz CT molecular complexity index is 1330. The van der Waals surface area contributed by atoms with E-state index in [1.807, 2.05) is 6.92 Å². The number of carbonyl (C=O) groups excluding carboxylic acids is 1.